The van der Waals surface area contributed by atoms with Crippen LogP contribution in [0.25, 0.3) is 11.1 Å². The minimum atomic E-state index is 0.188. The molecule has 2 rings (SSSR count). The minimum Gasteiger partial charge on any atom is -0.299 e. The molecule has 22 heavy (non-hydrogen) atoms. The molecule has 0 saturated heterocycles. The molecular formula is C18H18O2S2. The number of hydrogen-bond acceptors (Lipinski definition) is 4. The van der Waals surface area contributed by atoms with Gasteiger partial charge in [0.2, 0.25) is 0 Å². The summed E-state index contributed by atoms with van der Waals surface area (Å²) in [5.74, 6) is 1.41. The Morgan fingerprint density at radius 3 is 1.27 bits per heavy atom. The number of carbonyl (C=O) groups excluding carboxylic acids is 2. The predicted molar refractivity (Wildman–Crippen MR) is 94.7 cm³/mol. The molecule has 0 aromatic heterocycles. The van der Waals surface area contributed by atoms with Crippen molar-refractivity contribution in [2.45, 2.75) is 23.6 Å². The van der Waals surface area contributed by atoms with Crippen LogP contribution in [0.3, 0.4) is 0 Å². The summed E-state index contributed by atoms with van der Waals surface area (Å²) in [5, 5.41) is 0. The normalized spacial score (nSPS) is 10.5. The third-order valence-corrected chi connectivity index (χ3v) is 5.24. The number of rotatable bonds is 7. The molecule has 0 aliphatic carbocycles. The van der Waals surface area contributed by atoms with Gasteiger partial charge in [0.05, 0.1) is 11.5 Å². The van der Waals surface area contributed by atoms with E-state index in [1.165, 1.54) is 0 Å². The van der Waals surface area contributed by atoms with Crippen molar-refractivity contribution in [3.8, 4) is 11.1 Å². The molecule has 0 spiro atoms. The molecule has 2 aromatic rings. The fraction of sp³-hybridized carbons (Fsp3) is 0.222. The fourth-order valence-corrected chi connectivity index (χ4v) is 3.25. The highest BCUT2D eigenvalue weighted by molar-refractivity contribution is 8.00. The maximum atomic E-state index is 11.0. The van der Waals surface area contributed by atoms with Crippen LogP contribution in [0.15, 0.2) is 58.3 Å². The van der Waals surface area contributed by atoms with Crippen LogP contribution in [0.5, 0.6) is 0 Å². The van der Waals surface area contributed by atoms with E-state index in [1.54, 1.807) is 37.4 Å². The third kappa shape index (κ3) is 5.35. The average molecular weight is 330 g/mol. The van der Waals surface area contributed by atoms with Crippen LogP contribution in [0.2, 0.25) is 0 Å². The summed E-state index contributed by atoms with van der Waals surface area (Å²) in [4.78, 5) is 24.2. The number of ketones is 2. The van der Waals surface area contributed by atoms with Crippen LogP contribution in [0.4, 0.5) is 0 Å². The lowest BCUT2D eigenvalue weighted by atomic mass is 10.1. The van der Waals surface area contributed by atoms with Crippen molar-refractivity contribution in [3.05, 3.63) is 48.5 Å². The monoisotopic (exact) mass is 330 g/mol. The van der Waals surface area contributed by atoms with Crippen LogP contribution >= 0.6 is 23.5 Å². The molecule has 0 radical (unpaired) electrons. The first-order chi connectivity index (χ1) is 10.5. The van der Waals surface area contributed by atoms with Gasteiger partial charge in [-0.05, 0) is 49.2 Å². The average Bonchev–Trinajstić information content (AvgIpc) is 2.52. The minimum absolute atomic E-state index is 0.188. The first-order valence-electron chi connectivity index (χ1n) is 6.99. The van der Waals surface area contributed by atoms with E-state index < -0.39 is 0 Å². The number of carbonyl (C=O) groups is 2. The molecule has 4 heteroatoms. The Morgan fingerprint density at radius 2 is 1.00 bits per heavy atom. The fourth-order valence-electron chi connectivity index (χ4n) is 1.86. The van der Waals surface area contributed by atoms with E-state index in [4.69, 9.17) is 0 Å². The van der Waals surface area contributed by atoms with Gasteiger partial charge in [0.25, 0.3) is 0 Å². The van der Waals surface area contributed by atoms with Gasteiger partial charge >= 0.3 is 0 Å². The molecule has 0 heterocycles. The summed E-state index contributed by atoms with van der Waals surface area (Å²) < 4.78 is 0. The highest BCUT2D eigenvalue weighted by Gasteiger charge is 2.02. The third-order valence-electron chi connectivity index (χ3n) is 2.93. The lowest BCUT2D eigenvalue weighted by Gasteiger charge is -2.05. The van der Waals surface area contributed by atoms with Gasteiger partial charge in [-0.15, -0.1) is 23.5 Å². The highest BCUT2D eigenvalue weighted by atomic mass is 32.2. The van der Waals surface area contributed by atoms with Crippen LogP contribution in [0.1, 0.15) is 13.8 Å². The van der Waals surface area contributed by atoms with Crippen molar-refractivity contribution in [2.75, 3.05) is 11.5 Å². The molecule has 0 unspecified atom stereocenters. The van der Waals surface area contributed by atoms with E-state index in [2.05, 4.69) is 24.3 Å². The van der Waals surface area contributed by atoms with Crippen molar-refractivity contribution in [3.63, 3.8) is 0 Å². The van der Waals surface area contributed by atoms with Crippen molar-refractivity contribution in [2.24, 2.45) is 0 Å². The van der Waals surface area contributed by atoms with E-state index in [9.17, 15) is 9.59 Å². The molecule has 0 bridgehead atoms. The molecule has 0 aliphatic rings. The van der Waals surface area contributed by atoms with Gasteiger partial charge in [0, 0.05) is 9.79 Å². The summed E-state index contributed by atoms with van der Waals surface area (Å²) in [5.41, 5.74) is 2.30. The van der Waals surface area contributed by atoms with E-state index in [1.807, 2.05) is 24.3 Å². The zero-order valence-corrected chi connectivity index (χ0v) is 14.3. The molecule has 0 atom stereocenters. The maximum Gasteiger partial charge on any atom is 0.140 e. The maximum absolute atomic E-state index is 11.0. The zero-order valence-electron chi connectivity index (χ0n) is 12.7. The molecular weight excluding hydrogens is 312 g/mol. The predicted octanol–water partition coefficient (Wildman–Crippen LogP) is 4.72. The van der Waals surface area contributed by atoms with E-state index in [0.29, 0.717) is 11.5 Å². The largest absolute Gasteiger partial charge is 0.299 e. The Hall–Kier alpha value is -1.52. The molecule has 0 N–H and O–H groups in total. The Kier molecular flexibility index (Phi) is 6.28. The second-order valence-electron chi connectivity index (χ2n) is 5.03. The molecule has 0 aliphatic heterocycles. The lowest BCUT2D eigenvalue weighted by molar-refractivity contribution is -0.115. The standard InChI is InChI=1S/C18H18O2S2/c1-13(19)11-21-17-7-3-15(4-8-17)16-5-9-18(10-6-16)22-12-14(2)20/h3-10H,11-12H2,1-2H3. The zero-order chi connectivity index (χ0) is 15.9. The van der Waals surface area contributed by atoms with Crippen molar-refractivity contribution in [1.29, 1.82) is 0 Å². The van der Waals surface area contributed by atoms with Gasteiger partial charge in [-0.2, -0.15) is 0 Å². The SMILES string of the molecule is CC(=O)CSc1ccc(-c2ccc(SCC(C)=O)cc2)cc1. The first kappa shape index (κ1) is 16.8. The van der Waals surface area contributed by atoms with Crippen LogP contribution < -0.4 is 0 Å². The number of hydrogen-bond donors (Lipinski definition) is 0. The summed E-state index contributed by atoms with van der Waals surface area (Å²) in [7, 11) is 0. The van der Waals surface area contributed by atoms with Gasteiger partial charge in [-0.3, -0.25) is 9.59 Å². The van der Waals surface area contributed by atoms with Crippen molar-refractivity contribution < 1.29 is 9.59 Å². The van der Waals surface area contributed by atoms with Gasteiger partial charge in [0.1, 0.15) is 11.6 Å². The summed E-state index contributed by atoms with van der Waals surface area (Å²) >= 11 is 3.12. The van der Waals surface area contributed by atoms with Crippen LogP contribution in [-0.2, 0) is 9.59 Å². The second-order valence-corrected chi connectivity index (χ2v) is 7.13. The highest BCUT2D eigenvalue weighted by Crippen LogP contribution is 2.26. The Labute approximate surface area is 139 Å². The van der Waals surface area contributed by atoms with Crippen LogP contribution in [0, 0.1) is 0 Å². The van der Waals surface area contributed by atoms with Gasteiger partial charge in [-0.25, -0.2) is 0 Å². The Morgan fingerprint density at radius 1 is 0.682 bits per heavy atom. The van der Waals surface area contributed by atoms with E-state index >= 15 is 0 Å². The summed E-state index contributed by atoms with van der Waals surface area (Å²) in [6, 6.07) is 16.5. The first-order valence-corrected chi connectivity index (χ1v) is 8.96. The molecule has 0 fully saturated rings. The molecule has 0 saturated carbocycles. The Bertz CT molecular complexity index is 586. The molecule has 2 nitrogen and oxygen atoms in total. The van der Waals surface area contributed by atoms with Crippen molar-refractivity contribution in [1.82, 2.24) is 0 Å². The summed E-state index contributed by atoms with van der Waals surface area (Å²) in [6.45, 7) is 3.21. The van der Waals surface area contributed by atoms with Crippen LogP contribution in [-0.4, -0.2) is 23.1 Å². The second kappa shape index (κ2) is 8.20. The van der Waals surface area contributed by atoms with E-state index in [0.717, 1.165) is 20.9 Å². The number of Topliss-reactive ketones (excluding diaryl/α,β-unsaturated/α-hetero) is 2. The van der Waals surface area contributed by atoms with Gasteiger partial charge < -0.3 is 0 Å². The van der Waals surface area contributed by atoms with Gasteiger partial charge in [0.15, 0.2) is 0 Å². The molecule has 114 valence electrons. The van der Waals surface area contributed by atoms with Gasteiger partial charge in [-0.1, -0.05) is 24.3 Å². The smallest absolute Gasteiger partial charge is 0.140 e. The molecule has 0 amide bonds. The number of thioether (sulfide) groups is 2. The van der Waals surface area contributed by atoms with E-state index in [-0.39, 0.29) is 11.6 Å². The molecule has 2 aromatic carbocycles. The lowest BCUT2D eigenvalue weighted by Crippen LogP contribution is -1.92. The topological polar surface area (TPSA) is 34.1 Å². The quantitative estimate of drug-likeness (QED) is 0.688. The number of benzene rings is 2. The Balaban J connectivity index is 2.02. The van der Waals surface area contributed by atoms with Crippen molar-refractivity contribution >= 4 is 35.1 Å². The summed E-state index contributed by atoms with van der Waals surface area (Å²) in [6.07, 6.45) is 0.